The molecule has 6 nitrogen and oxygen atoms in total. The Morgan fingerprint density at radius 2 is 1.95 bits per heavy atom. The van der Waals surface area contributed by atoms with Gasteiger partial charge in [0.2, 0.25) is 5.91 Å². The van der Waals surface area contributed by atoms with Gasteiger partial charge in [-0.3, -0.25) is 4.79 Å². The molecule has 8 heteroatoms. The van der Waals surface area contributed by atoms with Crippen LogP contribution >= 0.6 is 15.9 Å². The molecule has 0 spiro atoms. The maximum Gasteiger partial charge on any atom is 0.336 e. The highest BCUT2D eigenvalue weighted by Gasteiger charge is 2.22. The van der Waals surface area contributed by atoms with E-state index in [0.717, 1.165) is 6.07 Å². The van der Waals surface area contributed by atoms with E-state index in [1.165, 1.54) is 12.1 Å². The molecule has 0 heterocycles. The lowest BCUT2D eigenvalue weighted by Crippen LogP contribution is -2.35. The summed E-state index contributed by atoms with van der Waals surface area (Å²) in [6.07, 6.45) is 0. The van der Waals surface area contributed by atoms with Crippen molar-refractivity contribution in [3.8, 4) is 0 Å². The van der Waals surface area contributed by atoms with Gasteiger partial charge in [0, 0.05) is 10.5 Å². The lowest BCUT2D eigenvalue weighted by Gasteiger charge is -2.09. The summed E-state index contributed by atoms with van der Waals surface area (Å²) in [7, 11) is -3.87. The molecule has 0 unspecified atom stereocenters. The Hall–Kier alpha value is -1.41. The zero-order chi connectivity index (χ0) is 15.5. The number of hydrogen-bond acceptors (Lipinski definition) is 4. The Kier molecular flexibility index (Phi) is 5.29. The van der Waals surface area contributed by atoms with Crippen LogP contribution in [0.1, 0.15) is 24.2 Å². The summed E-state index contributed by atoms with van der Waals surface area (Å²) in [4.78, 5) is 22.3. The minimum Gasteiger partial charge on any atom is -0.478 e. The van der Waals surface area contributed by atoms with Gasteiger partial charge in [0.25, 0.3) is 0 Å². The van der Waals surface area contributed by atoms with Crippen molar-refractivity contribution < 1.29 is 23.1 Å². The Balaban J connectivity index is 3.07. The van der Waals surface area contributed by atoms with Gasteiger partial charge >= 0.3 is 5.97 Å². The van der Waals surface area contributed by atoms with E-state index >= 15 is 0 Å². The van der Waals surface area contributed by atoms with Crippen molar-refractivity contribution in [3.63, 3.8) is 0 Å². The average Bonchev–Trinajstić information content (AvgIpc) is 2.26. The fraction of sp³-hybridized carbons (Fsp3) is 0.333. The first-order chi connectivity index (χ1) is 9.13. The average molecular weight is 364 g/mol. The molecule has 0 atom stereocenters. The van der Waals surface area contributed by atoms with E-state index in [1.807, 2.05) is 0 Å². The van der Waals surface area contributed by atoms with Crippen LogP contribution in [-0.4, -0.2) is 37.2 Å². The second-order valence-corrected chi connectivity index (χ2v) is 7.27. The van der Waals surface area contributed by atoms with Gasteiger partial charge in [-0.1, -0.05) is 0 Å². The van der Waals surface area contributed by atoms with Crippen LogP contribution in [0.25, 0.3) is 0 Å². The van der Waals surface area contributed by atoms with Gasteiger partial charge in [0.1, 0.15) is 5.75 Å². The van der Waals surface area contributed by atoms with E-state index in [9.17, 15) is 18.0 Å². The Morgan fingerprint density at radius 1 is 1.35 bits per heavy atom. The highest BCUT2D eigenvalue weighted by molar-refractivity contribution is 9.10. The van der Waals surface area contributed by atoms with Crippen molar-refractivity contribution in [2.24, 2.45) is 0 Å². The van der Waals surface area contributed by atoms with Crippen LogP contribution in [0.3, 0.4) is 0 Å². The number of carbonyl (C=O) groups is 2. The summed E-state index contributed by atoms with van der Waals surface area (Å²) in [6, 6.07) is 3.45. The Bertz CT molecular complexity index is 639. The quantitative estimate of drug-likeness (QED) is 0.824. The topological polar surface area (TPSA) is 101 Å². The lowest BCUT2D eigenvalue weighted by atomic mass is 10.2. The van der Waals surface area contributed by atoms with E-state index in [0.29, 0.717) is 0 Å². The molecule has 0 radical (unpaired) electrons. The van der Waals surface area contributed by atoms with E-state index in [2.05, 4.69) is 21.2 Å². The number of halogens is 1. The zero-order valence-corrected chi connectivity index (χ0v) is 13.3. The molecule has 0 fully saturated rings. The number of carboxylic acids is 1. The molecular formula is C12H14BrNO5S. The highest BCUT2D eigenvalue weighted by Crippen LogP contribution is 2.21. The molecule has 0 aliphatic heterocycles. The summed E-state index contributed by atoms with van der Waals surface area (Å²) < 4.78 is 24.4. The van der Waals surface area contributed by atoms with Crippen molar-refractivity contribution in [3.05, 3.63) is 28.2 Å². The second kappa shape index (κ2) is 6.36. The highest BCUT2D eigenvalue weighted by atomic mass is 79.9. The Labute approximate surface area is 125 Å². The Morgan fingerprint density at radius 3 is 2.45 bits per heavy atom. The van der Waals surface area contributed by atoms with Gasteiger partial charge in [-0.2, -0.15) is 0 Å². The van der Waals surface area contributed by atoms with Gasteiger partial charge in [-0.05, 0) is 48.0 Å². The third-order valence-electron chi connectivity index (χ3n) is 2.30. The van der Waals surface area contributed by atoms with Crippen LogP contribution in [0.4, 0.5) is 0 Å². The van der Waals surface area contributed by atoms with Crippen molar-refractivity contribution in [2.75, 3.05) is 5.75 Å². The largest absolute Gasteiger partial charge is 0.478 e. The number of carbonyl (C=O) groups excluding carboxylic acids is 1. The molecule has 1 aromatic carbocycles. The molecule has 0 aromatic heterocycles. The number of amides is 1. The number of nitrogens with one attached hydrogen (secondary N) is 1. The van der Waals surface area contributed by atoms with E-state index in [4.69, 9.17) is 5.11 Å². The molecule has 0 saturated heterocycles. The van der Waals surface area contributed by atoms with Crippen LogP contribution in [0.2, 0.25) is 0 Å². The summed E-state index contributed by atoms with van der Waals surface area (Å²) in [6.45, 7) is 3.43. The smallest absolute Gasteiger partial charge is 0.336 e. The van der Waals surface area contributed by atoms with Crippen molar-refractivity contribution >= 4 is 37.6 Å². The predicted octanol–water partition coefficient (Wildman–Crippen LogP) is 1.45. The SMILES string of the molecule is CC(C)NC(=O)CS(=O)(=O)c1ccc(Br)c(C(=O)O)c1. The first-order valence-corrected chi connectivity index (χ1v) is 8.13. The van der Waals surface area contributed by atoms with Crippen molar-refractivity contribution in [1.29, 1.82) is 0 Å². The summed E-state index contributed by atoms with van der Waals surface area (Å²) in [5.41, 5.74) is -0.171. The van der Waals surface area contributed by atoms with Gasteiger partial charge in [-0.25, -0.2) is 13.2 Å². The van der Waals surface area contributed by atoms with Gasteiger partial charge in [0.05, 0.1) is 10.5 Å². The normalized spacial score (nSPS) is 11.4. The fourth-order valence-corrected chi connectivity index (χ4v) is 3.07. The maximum absolute atomic E-state index is 12.0. The molecule has 1 amide bonds. The second-order valence-electron chi connectivity index (χ2n) is 4.43. The predicted molar refractivity (Wildman–Crippen MR) is 76.4 cm³/mol. The molecule has 20 heavy (non-hydrogen) atoms. The minimum absolute atomic E-state index is 0.169. The number of sulfone groups is 1. The van der Waals surface area contributed by atoms with E-state index in [1.54, 1.807) is 13.8 Å². The first-order valence-electron chi connectivity index (χ1n) is 5.68. The van der Waals surface area contributed by atoms with Crippen LogP contribution in [0.15, 0.2) is 27.6 Å². The molecule has 110 valence electrons. The lowest BCUT2D eigenvalue weighted by molar-refractivity contribution is -0.119. The number of aromatic carboxylic acids is 1. The van der Waals surface area contributed by atoms with Crippen molar-refractivity contribution in [2.45, 2.75) is 24.8 Å². The molecule has 0 aliphatic rings. The summed E-state index contributed by atoms with van der Waals surface area (Å²) >= 11 is 3.03. The monoisotopic (exact) mass is 363 g/mol. The maximum atomic E-state index is 12.0. The third-order valence-corrected chi connectivity index (χ3v) is 4.60. The molecule has 0 saturated carbocycles. The minimum atomic E-state index is -3.87. The van der Waals surface area contributed by atoms with Crippen molar-refractivity contribution in [1.82, 2.24) is 5.32 Å². The number of benzene rings is 1. The molecule has 0 aliphatic carbocycles. The molecule has 2 N–H and O–H groups in total. The summed E-state index contributed by atoms with van der Waals surface area (Å²) in [5.74, 6) is -2.59. The molecule has 1 aromatic rings. The number of carboxylic acid groups (broad SMARTS) is 1. The van der Waals surface area contributed by atoms with Gasteiger partial charge < -0.3 is 10.4 Å². The van der Waals surface area contributed by atoms with Crippen LogP contribution in [0, 0.1) is 0 Å². The van der Waals surface area contributed by atoms with E-state index in [-0.39, 0.29) is 21.0 Å². The van der Waals surface area contributed by atoms with Crippen LogP contribution in [0.5, 0.6) is 0 Å². The van der Waals surface area contributed by atoms with Gasteiger partial charge in [-0.15, -0.1) is 0 Å². The number of hydrogen-bond donors (Lipinski definition) is 2. The fourth-order valence-electron chi connectivity index (χ4n) is 1.48. The first kappa shape index (κ1) is 16.6. The third kappa shape index (κ3) is 4.31. The zero-order valence-electron chi connectivity index (χ0n) is 10.9. The number of rotatable bonds is 5. The van der Waals surface area contributed by atoms with Gasteiger partial charge in [0.15, 0.2) is 9.84 Å². The van der Waals surface area contributed by atoms with E-state index < -0.39 is 27.5 Å². The van der Waals surface area contributed by atoms with Crippen LogP contribution < -0.4 is 5.32 Å². The summed E-state index contributed by atoms with van der Waals surface area (Å²) in [5, 5.41) is 11.4. The standard InChI is InChI=1S/C12H14BrNO5S/c1-7(2)14-11(15)6-20(18,19)8-3-4-10(13)9(5-8)12(16)17/h3-5,7H,6H2,1-2H3,(H,14,15)(H,16,17). The molecule has 1 rings (SSSR count). The van der Waals surface area contributed by atoms with Crippen LogP contribution in [-0.2, 0) is 14.6 Å². The molecular weight excluding hydrogens is 350 g/mol. The molecule has 0 bridgehead atoms.